The Kier molecular flexibility index (Phi) is 6.58. The molecular weight excluding hydrogens is 282 g/mol. The van der Waals surface area contributed by atoms with Crippen LogP contribution in [0.4, 0.5) is 0 Å². The lowest BCUT2D eigenvalue weighted by Gasteiger charge is -2.08. The molecule has 2 rings (SSSR count). The van der Waals surface area contributed by atoms with E-state index in [0.29, 0.717) is 0 Å². The van der Waals surface area contributed by atoms with E-state index in [1.165, 1.54) is 11.1 Å². The molecule has 0 spiro atoms. The summed E-state index contributed by atoms with van der Waals surface area (Å²) >= 11 is 5.87. The Bertz CT molecular complexity index is 522. The Hall–Kier alpha value is -1.51. The van der Waals surface area contributed by atoms with Crippen molar-refractivity contribution in [3.8, 4) is 5.75 Å². The third-order valence-electron chi connectivity index (χ3n) is 3.26. The van der Waals surface area contributed by atoms with E-state index in [-0.39, 0.29) is 0 Å². The lowest BCUT2D eigenvalue weighted by atomic mass is 10.2. The van der Waals surface area contributed by atoms with Gasteiger partial charge in [0.1, 0.15) is 5.75 Å². The number of nitrogens with one attached hydrogen (secondary N) is 1. The van der Waals surface area contributed by atoms with Crippen molar-refractivity contribution in [1.29, 1.82) is 0 Å². The predicted molar refractivity (Wildman–Crippen MR) is 88.8 cm³/mol. The minimum atomic E-state index is 0.775. The predicted octanol–water partition coefficient (Wildman–Crippen LogP) is 4.81. The van der Waals surface area contributed by atoms with E-state index in [9.17, 15) is 0 Å². The van der Waals surface area contributed by atoms with Gasteiger partial charge in [-0.15, -0.1) is 0 Å². The van der Waals surface area contributed by atoms with Crippen LogP contribution in [0.1, 0.15) is 30.9 Å². The molecule has 0 amide bonds. The van der Waals surface area contributed by atoms with Crippen LogP contribution in [0.25, 0.3) is 0 Å². The average molecular weight is 304 g/mol. The molecule has 2 aromatic rings. The van der Waals surface area contributed by atoms with E-state index in [0.717, 1.165) is 43.3 Å². The van der Waals surface area contributed by atoms with Crippen LogP contribution in [-0.4, -0.2) is 6.61 Å². The largest absolute Gasteiger partial charge is 0.494 e. The zero-order valence-electron chi connectivity index (χ0n) is 12.4. The maximum absolute atomic E-state index is 5.87. The second-order valence-electron chi connectivity index (χ2n) is 5.08. The van der Waals surface area contributed by atoms with Gasteiger partial charge in [-0.25, -0.2) is 0 Å². The third kappa shape index (κ3) is 5.78. The molecule has 3 heteroatoms. The summed E-state index contributed by atoms with van der Waals surface area (Å²) in [6, 6.07) is 16.2. The molecule has 0 atom stereocenters. The number of ether oxygens (including phenoxy) is 1. The SMILES string of the molecule is CCCCOc1ccc(CNCc2ccc(Cl)cc2)cc1. The lowest BCUT2D eigenvalue weighted by molar-refractivity contribution is 0.309. The normalized spacial score (nSPS) is 10.6. The number of benzene rings is 2. The van der Waals surface area contributed by atoms with Gasteiger partial charge in [-0.05, 0) is 41.8 Å². The minimum absolute atomic E-state index is 0.775. The van der Waals surface area contributed by atoms with E-state index in [4.69, 9.17) is 16.3 Å². The van der Waals surface area contributed by atoms with Gasteiger partial charge in [0.25, 0.3) is 0 Å². The molecule has 2 aromatic carbocycles. The van der Waals surface area contributed by atoms with Gasteiger partial charge in [-0.1, -0.05) is 49.2 Å². The summed E-state index contributed by atoms with van der Waals surface area (Å²) in [5.41, 5.74) is 2.49. The highest BCUT2D eigenvalue weighted by atomic mass is 35.5. The van der Waals surface area contributed by atoms with Gasteiger partial charge >= 0.3 is 0 Å². The molecule has 21 heavy (non-hydrogen) atoms. The number of hydrogen-bond acceptors (Lipinski definition) is 2. The maximum atomic E-state index is 5.87. The summed E-state index contributed by atoms with van der Waals surface area (Å²) in [4.78, 5) is 0. The van der Waals surface area contributed by atoms with Gasteiger partial charge < -0.3 is 10.1 Å². The van der Waals surface area contributed by atoms with Crippen molar-refractivity contribution in [3.05, 3.63) is 64.7 Å². The zero-order chi connectivity index (χ0) is 14.9. The number of rotatable bonds is 8. The first-order valence-corrected chi connectivity index (χ1v) is 7.82. The highest BCUT2D eigenvalue weighted by molar-refractivity contribution is 6.30. The molecule has 112 valence electrons. The molecule has 0 heterocycles. The van der Waals surface area contributed by atoms with Crippen molar-refractivity contribution >= 4 is 11.6 Å². The van der Waals surface area contributed by atoms with Crippen LogP contribution in [0.3, 0.4) is 0 Å². The Morgan fingerprint density at radius 1 is 0.905 bits per heavy atom. The van der Waals surface area contributed by atoms with Crippen LogP contribution in [0, 0.1) is 0 Å². The standard InChI is InChI=1S/C18H22ClNO/c1-2-3-12-21-18-10-6-16(7-11-18)14-20-13-15-4-8-17(19)9-5-15/h4-11,20H,2-3,12-14H2,1H3. The number of halogens is 1. The Labute approximate surface area is 132 Å². The molecule has 0 saturated carbocycles. The van der Waals surface area contributed by atoms with Gasteiger partial charge in [-0.2, -0.15) is 0 Å². The van der Waals surface area contributed by atoms with E-state index in [1.807, 2.05) is 36.4 Å². The van der Waals surface area contributed by atoms with E-state index in [1.54, 1.807) is 0 Å². The highest BCUT2D eigenvalue weighted by Gasteiger charge is 1.97. The highest BCUT2D eigenvalue weighted by Crippen LogP contribution is 2.13. The number of hydrogen-bond donors (Lipinski definition) is 1. The molecule has 0 aliphatic heterocycles. The van der Waals surface area contributed by atoms with Gasteiger partial charge in [0.15, 0.2) is 0 Å². The molecule has 1 N–H and O–H groups in total. The van der Waals surface area contributed by atoms with Crippen LogP contribution in [-0.2, 0) is 13.1 Å². The molecule has 0 radical (unpaired) electrons. The van der Waals surface area contributed by atoms with Crippen LogP contribution in [0.15, 0.2) is 48.5 Å². The molecule has 0 fully saturated rings. The van der Waals surface area contributed by atoms with Crippen molar-refractivity contribution in [1.82, 2.24) is 5.32 Å². The van der Waals surface area contributed by atoms with Gasteiger partial charge in [0.05, 0.1) is 6.61 Å². The number of unbranched alkanes of at least 4 members (excludes halogenated alkanes) is 1. The lowest BCUT2D eigenvalue weighted by Crippen LogP contribution is -2.12. The van der Waals surface area contributed by atoms with Gasteiger partial charge in [0.2, 0.25) is 0 Å². The molecule has 0 saturated heterocycles. The molecule has 0 unspecified atom stereocenters. The zero-order valence-corrected chi connectivity index (χ0v) is 13.2. The monoisotopic (exact) mass is 303 g/mol. The summed E-state index contributed by atoms with van der Waals surface area (Å²) in [7, 11) is 0. The molecular formula is C18H22ClNO. The average Bonchev–Trinajstić information content (AvgIpc) is 2.51. The fourth-order valence-corrected chi connectivity index (χ4v) is 2.12. The second-order valence-corrected chi connectivity index (χ2v) is 5.51. The van der Waals surface area contributed by atoms with Crippen molar-refractivity contribution in [3.63, 3.8) is 0 Å². The van der Waals surface area contributed by atoms with Crippen LogP contribution in [0.5, 0.6) is 5.75 Å². The molecule has 0 bridgehead atoms. The molecule has 0 aromatic heterocycles. The van der Waals surface area contributed by atoms with Crippen molar-refractivity contribution in [2.45, 2.75) is 32.9 Å². The van der Waals surface area contributed by atoms with E-state index in [2.05, 4.69) is 24.4 Å². The molecule has 0 aliphatic carbocycles. The van der Waals surface area contributed by atoms with E-state index >= 15 is 0 Å². The smallest absolute Gasteiger partial charge is 0.119 e. The van der Waals surface area contributed by atoms with Gasteiger partial charge in [-0.3, -0.25) is 0 Å². The van der Waals surface area contributed by atoms with E-state index < -0.39 is 0 Å². The second kappa shape index (κ2) is 8.71. The first kappa shape index (κ1) is 15.9. The molecule has 2 nitrogen and oxygen atoms in total. The summed E-state index contributed by atoms with van der Waals surface area (Å²) < 4.78 is 5.65. The fraction of sp³-hybridized carbons (Fsp3) is 0.333. The van der Waals surface area contributed by atoms with Crippen molar-refractivity contribution in [2.75, 3.05) is 6.61 Å². The first-order valence-electron chi connectivity index (χ1n) is 7.45. The molecule has 0 aliphatic rings. The summed E-state index contributed by atoms with van der Waals surface area (Å²) in [5.74, 6) is 0.949. The minimum Gasteiger partial charge on any atom is -0.494 e. The first-order chi connectivity index (χ1) is 10.3. The Morgan fingerprint density at radius 2 is 1.48 bits per heavy atom. The summed E-state index contributed by atoms with van der Waals surface area (Å²) in [6.07, 6.45) is 2.26. The van der Waals surface area contributed by atoms with Crippen LogP contribution in [0.2, 0.25) is 5.02 Å². The fourth-order valence-electron chi connectivity index (χ4n) is 1.99. The summed E-state index contributed by atoms with van der Waals surface area (Å²) in [5, 5.41) is 4.20. The topological polar surface area (TPSA) is 21.3 Å². The summed E-state index contributed by atoms with van der Waals surface area (Å²) in [6.45, 7) is 4.65. The van der Waals surface area contributed by atoms with Gasteiger partial charge in [0, 0.05) is 18.1 Å². The van der Waals surface area contributed by atoms with Crippen LogP contribution < -0.4 is 10.1 Å². The third-order valence-corrected chi connectivity index (χ3v) is 3.51. The van der Waals surface area contributed by atoms with Crippen molar-refractivity contribution < 1.29 is 4.74 Å². The van der Waals surface area contributed by atoms with Crippen LogP contribution >= 0.6 is 11.6 Å². The Balaban J connectivity index is 1.74. The Morgan fingerprint density at radius 3 is 2.05 bits per heavy atom. The maximum Gasteiger partial charge on any atom is 0.119 e. The van der Waals surface area contributed by atoms with Crippen molar-refractivity contribution in [2.24, 2.45) is 0 Å². The quantitative estimate of drug-likeness (QED) is 0.707.